The molecule has 0 saturated carbocycles. The molecule has 0 spiro atoms. The third-order valence-corrected chi connectivity index (χ3v) is 3.22. The number of rotatable bonds is 11. The molecule has 0 heterocycles. The molecule has 0 aliphatic carbocycles. The van der Waals surface area contributed by atoms with E-state index < -0.39 is 11.9 Å². The average Bonchev–Trinajstić information content (AvgIpc) is 2.39. The summed E-state index contributed by atoms with van der Waals surface area (Å²) < 4.78 is 0. The first-order valence-corrected chi connectivity index (χ1v) is 7.90. The van der Waals surface area contributed by atoms with Gasteiger partial charge in [-0.25, -0.2) is 0 Å². The first-order chi connectivity index (χ1) is 9.49. The van der Waals surface area contributed by atoms with Crippen LogP contribution in [0, 0.1) is 5.92 Å². The Labute approximate surface area is 200 Å². The van der Waals surface area contributed by atoms with Gasteiger partial charge in [0, 0.05) is 11.9 Å². The van der Waals surface area contributed by atoms with Crippen molar-refractivity contribution >= 4 is 11.9 Å². The summed E-state index contributed by atoms with van der Waals surface area (Å²) in [5.41, 5.74) is 0. The molecule has 0 bridgehead atoms. The van der Waals surface area contributed by atoms with Crippen molar-refractivity contribution in [2.45, 2.75) is 85.0 Å². The van der Waals surface area contributed by atoms with Crippen molar-refractivity contribution in [2.24, 2.45) is 5.92 Å². The second-order valence-electron chi connectivity index (χ2n) is 5.10. The van der Waals surface area contributed by atoms with Crippen molar-refractivity contribution in [3.05, 3.63) is 0 Å². The van der Waals surface area contributed by atoms with Crippen molar-refractivity contribution in [1.29, 1.82) is 0 Å². The Bertz CT molecular complexity index is 250. The minimum absolute atomic E-state index is 0. The molecule has 0 aliphatic rings. The van der Waals surface area contributed by atoms with Crippen molar-refractivity contribution in [3.63, 3.8) is 0 Å². The van der Waals surface area contributed by atoms with E-state index in [1.54, 1.807) is 0 Å². The molecule has 4 nitrogen and oxygen atoms in total. The zero-order valence-electron chi connectivity index (χ0n) is 15.3. The van der Waals surface area contributed by atoms with Gasteiger partial charge in [-0.1, -0.05) is 59.3 Å². The minimum atomic E-state index is -0.920. The Morgan fingerprint density at radius 1 is 0.864 bits per heavy atom. The van der Waals surface area contributed by atoms with Crippen molar-refractivity contribution < 1.29 is 101 Å². The molecular weight excluding hydrogens is 318 g/mol. The maximum absolute atomic E-state index is 10.3. The Morgan fingerprint density at radius 2 is 1.36 bits per heavy atom. The molecule has 22 heavy (non-hydrogen) atoms. The van der Waals surface area contributed by atoms with E-state index in [2.05, 4.69) is 13.8 Å². The van der Waals surface area contributed by atoms with Gasteiger partial charge in [0.1, 0.15) is 0 Å². The van der Waals surface area contributed by atoms with E-state index in [4.69, 9.17) is 0 Å². The number of hydrogen-bond acceptors (Lipinski definition) is 4. The molecule has 1 atom stereocenters. The maximum Gasteiger partial charge on any atom is 1.00 e. The molecule has 0 aromatic heterocycles. The SMILES string of the molecule is CCCCC(CC)C(=O)[O-].CCCCCCCC(=O)[O-].[K+].[Na+]. The first-order valence-electron chi connectivity index (χ1n) is 7.90. The second-order valence-corrected chi connectivity index (χ2v) is 5.10. The fourth-order valence-electron chi connectivity index (χ4n) is 1.81. The Morgan fingerprint density at radius 3 is 1.73 bits per heavy atom. The fourth-order valence-corrected chi connectivity index (χ4v) is 1.81. The summed E-state index contributed by atoms with van der Waals surface area (Å²) in [6.07, 6.45) is 9.13. The van der Waals surface area contributed by atoms with Gasteiger partial charge in [-0.15, -0.1) is 0 Å². The van der Waals surface area contributed by atoms with Crippen molar-refractivity contribution in [2.75, 3.05) is 0 Å². The van der Waals surface area contributed by atoms with Crippen LogP contribution in [0.2, 0.25) is 0 Å². The fraction of sp³-hybridized carbons (Fsp3) is 0.875. The van der Waals surface area contributed by atoms with E-state index in [0.717, 1.165) is 38.5 Å². The molecule has 1 unspecified atom stereocenters. The number of carboxylic acid groups (broad SMARTS) is 2. The van der Waals surface area contributed by atoms with Crippen molar-refractivity contribution in [1.82, 2.24) is 0 Å². The smallest absolute Gasteiger partial charge is 0.550 e. The van der Waals surface area contributed by atoms with Crippen LogP contribution in [0.25, 0.3) is 0 Å². The van der Waals surface area contributed by atoms with Crippen LogP contribution in [0.15, 0.2) is 0 Å². The molecule has 0 aromatic carbocycles. The average molecular weight is 348 g/mol. The van der Waals surface area contributed by atoms with Gasteiger partial charge < -0.3 is 19.8 Å². The van der Waals surface area contributed by atoms with Gasteiger partial charge in [0.15, 0.2) is 0 Å². The second kappa shape index (κ2) is 24.8. The Hall–Kier alpha value is 1.58. The summed E-state index contributed by atoms with van der Waals surface area (Å²) >= 11 is 0. The number of unbranched alkanes of at least 4 members (excludes halogenated alkanes) is 5. The molecule has 0 N–H and O–H groups in total. The number of carboxylic acids is 2. The summed E-state index contributed by atoms with van der Waals surface area (Å²) in [5, 5.41) is 20.2. The van der Waals surface area contributed by atoms with Gasteiger partial charge in [-0.3, -0.25) is 0 Å². The molecule has 6 heteroatoms. The van der Waals surface area contributed by atoms with Crippen LogP contribution < -0.4 is 91.2 Å². The van der Waals surface area contributed by atoms with Crippen LogP contribution in [0.1, 0.15) is 85.0 Å². The zero-order valence-corrected chi connectivity index (χ0v) is 20.4. The monoisotopic (exact) mass is 348 g/mol. The Kier molecular flexibility index (Phi) is 35.4. The molecular formula is C16H30KNaO4. The van der Waals surface area contributed by atoms with Crippen LogP contribution in [0.4, 0.5) is 0 Å². The number of carbonyl (C=O) groups excluding carboxylic acids is 2. The normalized spacial score (nSPS) is 10.3. The predicted molar refractivity (Wildman–Crippen MR) is 76.7 cm³/mol. The predicted octanol–water partition coefficient (Wildman–Crippen LogP) is -3.94. The summed E-state index contributed by atoms with van der Waals surface area (Å²) in [4.78, 5) is 20.2. The van der Waals surface area contributed by atoms with E-state index in [1.165, 1.54) is 12.8 Å². The van der Waals surface area contributed by atoms with Gasteiger partial charge >= 0.3 is 80.9 Å². The number of hydrogen-bond donors (Lipinski definition) is 0. The van der Waals surface area contributed by atoms with Crippen LogP contribution in [-0.2, 0) is 9.59 Å². The minimum Gasteiger partial charge on any atom is -0.550 e. The summed E-state index contributed by atoms with van der Waals surface area (Å²) in [5.74, 6) is -2.03. The van der Waals surface area contributed by atoms with Gasteiger partial charge in [-0.05, 0) is 31.6 Å². The zero-order chi connectivity index (χ0) is 15.8. The summed E-state index contributed by atoms with van der Waals surface area (Å²) in [6.45, 7) is 6.08. The number of carbonyl (C=O) groups is 2. The van der Waals surface area contributed by atoms with Crippen LogP contribution in [-0.4, -0.2) is 11.9 Å². The molecule has 0 amide bonds. The van der Waals surface area contributed by atoms with Gasteiger partial charge in [-0.2, -0.15) is 0 Å². The molecule has 0 saturated heterocycles. The summed E-state index contributed by atoms with van der Waals surface area (Å²) in [7, 11) is 0. The van der Waals surface area contributed by atoms with E-state index >= 15 is 0 Å². The molecule has 0 rings (SSSR count). The quantitative estimate of drug-likeness (QED) is 0.282. The van der Waals surface area contributed by atoms with Gasteiger partial charge in [0.2, 0.25) is 0 Å². The molecule has 0 fully saturated rings. The number of aliphatic carboxylic acids is 2. The standard InChI is InChI=1S/2C8H16O2.K.Na/c1-3-5-6-7(4-2)8(9)10;1-2-3-4-5-6-7-8(9)10;;/h7H,3-6H2,1-2H3,(H,9,10);2-7H2,1H3,(H,9,10);;/q;;2*+1/p-2. The van der Waals surface area contributed by atoms with E-state index in [-0.39, 0.29) is 93.3 Å². The van der Waals surface area contributed by atoms with E-state index in [0.29, 0.717) is 6.42 Å². The maximum atomic E-state index is 10.3. The first kappa shape index (κ1) is 31.4. The van der Waals surface area contributed by atoms with Crippen LogP contribution >= 0.6 is 0 Å². The third kappa shape index (κ3) is 26.5. The van der Waals surface area contributed by atoms with Crippen LogP contribution in [0.3, 0.4) is 0 Å². The van der Waals surface area contributed by atoms with Gasteiger partial charge in [0.05, 0.1) is 0 Å². The topological polar surface area (TPSA) is 80.3 Å². The molecule has 0 radical (unpaired) electrons. The molecule has 0 aliphatic heterocycles. The Balaban J connectivity index is -0.000000135. The molecule has 120 valence electrons. The molecule has 0 aromatic rings. The van der Waals surface area contributed by atoms with Crippen molar-refractivity contribution in [3.8, 4) is 0 Å². The van der Waals surface area contributed by atoms with E-state index in [1.807, 2.05) is 6.92 Å². The largest absolute Gasteiger partial charge is 1.00 e. The third-order valence-electron chi connectivity index (χ3n) is 3.22. The van der Waals surface area contributed by atoms with Crippen LogP contribution in [0.5, 0.6) is 0 Å². The van der Waals surface area contributed by atoms with Gasteiger partial charge in [0.25, 0.3) is 0 Å². The van der Waals surface area contributed by atoms with E-state index in [9.17, 15) is 19.8 Å². The summed E-state index contributed by atoms with van der Waals surface area (Å²) in [6, 6.07) is 0.